The first kappa shape index (κ1) is 12.7. The van der Waals surface area contributed by atoms with Crippen LogP contribution in [0.4, 0.5) is 0 Å². The number of hydrogen-bond donors (Lipinski definition) is 2. The van der Waals surface area contributed by atoms with E-state index in [9.17, 15) is 4.79 Å². The quantitative estimate of drug-likeness (QED) is 0.657. The Morgan fingerprint density at radius 2 is 2.06 bits per heavy atom. The van der Waals surface area contributed by atoms with Crippen LogP contribution in [0.15, 0.2) is 18.3 Å². The van der Waals surface area contributed by atoms with Crippen molar-refractivity contribution in [3.63, 3.8) is 0 Å². The van der Waals surface area contributed by atoms with Gasteiger partial charge in [-0.05, 0) is 36.7 Å². The number of imidazole rings is 1. The molecule has 0 saturated carbocycles. The van der Waals surface area contributed by atoms with Crippen molar-refractivity contribution in [2.75, 3.05) is 0 Å². The van der Waals surface area contributed by atoms with Crippen molar-refractivity contribution < 1.29 is 4.79 Å². The molecule has 94 valence electrons. The molecular formula is C13H15N3OS. The molecule has 5 heteroatoms. The van der Waals surface area contributed by atoms with Crippen LogP contribution in [-0.4, -0.2) is 20.7 Å². The van der Waals surface area contributed by atoms with Crippen LogP contribution in [0.1, 0.15) is 41.3 Å². The molecule has 0 aliphatic rings. The number of hydrogen-bond acceptors (Lipinski definition) is 3. The van der Waals surface area contributed by atoms with Gasteiger partial charge in [-0.1, -0.05) is 19.9 Å². The van der Waals surface area contributed by atoms with Gasteiger partial charge in [-0.15, -0.1) is 0 Å². The van der Waals surface area contributed by atoms with E-state index in [1.165, 1.54) is 0 Å². The third kappa shape index (κ3) is 2.41. The van der Waals surface area contributed by atoms with Gasteiger partial charge in [0.15, 0.2) is 4.77 Å². The molecule has 0 fully saturated rings. The van der Waals surface area contributed by atoms with Gasteiger partial charge < -0.3 is 9.97 Å². The Morgan fingerprint density at radius 1 is 1.28 bits per heavy atom. The first-order chi connectivity index (χ1) is 8.65. The number of aromatic amines is 2. The van der Waals surface area contributed by atoms with Gasteiger partial charge in [0.05, 0.1) is 0 Å². The molecule has 0 aromatic carbocycles. The van der Waals surface area contributed by atoms with Gasteiger partial charge in [0.2, 0.25) is 5.78 Å². The van der Waals surface area contributed by atoms with Crippen LogP contribution in [0.5, 0.6) is 0 Å². The zero-order valence-corrected chi connectivity index (χ0v) is 11.2. The number of aryl methyl sites for hydroxylation is 2. The minimum Gasteiger partial charge on any atom is -0.334 e. The lowest BCUT2D eigenvalue weighted by atomic mass is 10.1. The third-order valence-corrected chi connectivity index (χ3v) is 3.06. The summed E-state index contributed by atoms with van der Waals surface area (Å²) in [6, 6.07) is 3.68. The Kier molecular flexibility index (Phi) is 3.72. The second-order valence-corrected chi connectivity index (χ2v) is 4.43. The minimum atomic E-state index is -0.123. The summed E-state index contributed by atoms with van der Waals surface area (Å²) in [5.74, 6) is -0.123. The number of H-pyrrole nitrogens is 2. The molecule has 0 spiro atoms. The first-order valence-corrected chi connectivity index (χ1v) is 6.37. The number of carbonyl (C=O) groups excluding carboxylic acids is 1. The van der Waals surface area contributed by atoms with E-state index >= 15 is 0 Å². The Hall–Kier alpha value is -1.75. The first-order valence-electron chi connectivity index (χ1n) is 5.96. The van der Waals surface area contributed by atoms with E-state index in [0.717, 1.165) is 24.1 Å². The molecule has 2 rings (SSSR count). The molecule has 2 aromatic heterocycles. The Balaban J connectivity index is 2.37. The van der Waals surface area contributed by atoms with E-state index in [2.05, 4.69) is 21.9 Å². The summed E-state index contributed by atoms with van der Waals surface area (Å²) < 4.78 is 0.473. The summed E-state index contributed by atoms with van der Waals surface area (Å²) in [6.07, 6.45) is 3.37. The maximum absolute atomic E-state index is 12.3. The number of rotatable bonds is 4. The second-order valence-electron chi connectivity index (χ2n) is 4.02. The zero-order valence-electron chi connectivity index (χ0n) is 10.4. The number of ketones is 1. The smallest absolute Gasteiger partial charge is 0.229 e. The Bertz CT molecular complexity index is 610. The van der Waals surface area contributed by atoms with Gasteiger partial charge >= 0.3 is 0 Å². The van der Waals surface area contributed by atoms with Crippen molar-refractivity contribution in [2.24, 2.45) is 0 Å². The van der Waals surface area contributed by atoms with Crippen LogP contribution in [0, 0.1) is 4.77 Å². The van der Waals surface area contributed by atoms with Gasteiger partial charge in [0, 0.05) is 11.9 Å². The van der Waals surface area contributed by atoms with Crippen molar-refractivity contribution in [1.82, 2.24) is 15.0 Å². The summed E-state index contributed by atoms with van der Waals surface area (Å²) in [6.45, 7) is 4.02. The summed E-state index contributed by atoms with van der Waals surface area (Å²) in [5, 5.41) is 0. The number of aromatic nitrogens is 3. The number of nitrogens with one attached hydrogen (secondary N) is 2. The molecule has 18 heavy (non-hydrogen) atoms. The van der Waals surface area contributed by atoms with Crippen LogP contribution in [-0.2, 0) is 12.8 Å². The average Bonchev–Trinajstić information content (AvgIpc) is 2.79. The maximum Gasteiger partial charge on any atom is 0.229 e. The SMILES string of the molecule is CCc1ccc(C(=O)c2[nH]c(=S)[nH]c2CC)nc1. The number of pyridine rings is 1. The van der Waals surface area contributed by atoms with E-state index in [1.54, 1.807) is 12.3 Å². The molecule has 0 unspecified atom stereocenters. The van der Waals surface area contributed by atoms with Gasteiger partial charge in [0.25, 0.3) is 0 Å². The Labute approximate surface area is 110 Å². The normalized spacial score (nSPS) is 10.6. The summed E-state index contributed by atoms with van der Waals surface area (Å²) in [4.78, 5) is 22.3. The van der Waals surface area contributed by atoms with E-state index in [4.69, 9.17) is 12.2 Å². The zero-order chi connectivity index (χ0) is 13.1. The van der Waals surface area contributed by atoms with Crippen molar-refractivity contribution >= 4 is 18.0 Å². The van der Waals surface area contributed by atoms with E-state index < -0.39 is 0 Å². The highest BCUT2D eigenvalue weighted by Gasteiger charge is 2.16. The molecule has 2 aromatic rings. The molecule has 0 bridgehead atoms. The maximum atomic E-state index is 12.3. The van der Waals surface area contributed by atoms with Crippen LogP contribution < -0.4 is 0 Å². The van der Waals surface area contributed by atoms with Crippen LogP contribution in [0.3, 0.4) is 0 Å². The highest BCUT2D eigenvalue weighted by molar-refractivity contribution is 7.71. The van der Waals surface area contributed by atoms with Crippen molar-refractivity contribution in [1.29, 1.82) is 0 Å². The third-order valence-electron chi connectivity index (χ3n) is 2.85. The standard InChI is InChI=1S/C13H15N3OS/c1-3-8-5-6-10(14-7-8)12(17)11-9(4-2)15-13(18)16-11/h5-7H,3-4H2,1-2H3,(H2,15,16,18). The molecule has 0 aliphatic heterocycles. The van der Waals surface area contributed by atoms with E-state index in [0.29, 0.717) is 16.2 Å². The van der Waals surface area contributed by atoms with Gasteiger partial charge in [-0.25, -0.2) is 0 Å². The highest BCUT2D eigenvalue weighted by atomic mass is 32.1. The summed E-state index contributed by atoms with van der Waals surface area (Å²) in [5.41, 5.74) is 2.89. The fourth-order valence-electron chi connectivity index (χ4n) is 1.77. The number of nitrogens with zero attached hydrogens (tertiary/aromatic N) is 1. The lowest BCUT2D eigenvalue weighted by Crippen LogP contribution is -2.07. The average molecular weight is 261 g/mol. The molecule has 0 radical (unpaired) electrons. The van der Waals surface area contributed by atoms with Crippen LogP contribution >= 0.6 is 12.2 Å². The molecule has 4 nitrogen and oxygen atoms in total. The van der Waals surface area contributed by atoms with Crippen molar-refractivity contribution in [3.8, 4) is 0 Å². The van der Waals surface area contributed by atoms with Crippen LogP contribution in [0.2, 0.25) is 0 Å². The minimum absolute atomic E-state index is 0.123. The van der Waals surface area contributed by atoms with Crippen LogP contribution in [0.25, 0.3) is 0 Å². The number of carbonyl (C=O) groups is 1. The monoisotopic (exact) mass is 261 g/mol. The fraction of sp³-hybridized carbons (Fsp3) is 0.308. The molecule has 0 amide bonds. The fourth-order valence-corrected chi connectivity index (χ4v) is 2.00. The molecular weight excluding hydrogens is 246 g/mol. The summed E-state index contributed by atoms with van der Waals surface area (Å²) >= 11 is 5.01. The summed E-state index contributed by atoms with van der Waals surface area (Å²) in [7, 11) is 0. The highest BCUT2D eigenvalue weighted by Crippen LogP contribution is 2.11. The van der Waals surface area contributed by atoms with Crippen molar-refractivity contribution in [2.45, 2.75) is 26.7 Å². The van der Waals surface area contributed by atoms with Gasteiger partial charge in [0.1, 0.15) is 11.4 Å². The van der Waals surface area contributed by atoms with Gasteiger partial charge in [-0.2, -0.15) is 0 Å². The molecule has 2 N–H and O–H groups in total. The Morgan fingerprint density at radius 3 is 2.61 bits per heavy atom. The topological polar surface area (TPSA) is 61.5 Å². The van der Waals surface area contributed by atoms with Crippen molar-refractivity contribution in [3.05, 3.63) is 45.7 Å². The van der Waals surface area contributed by atoms with E-state index in [-0.39, 0.29) is 5.78 Å². The van der Waals surface area contributed by atoms with Gasteiger partial charge in [-0.3, -0.25) is 9.78 Å². The predicted molar refractivity (Wildman–Crippen MR) is 72.4 cm³/mol. The molecule has 2 heterocycles. The van der Waals surface area contributed by atoms with E-state index in [1.807, 2.05) is 13.0 Å². The largest absolute Gasteiger partial charge is 0.334 e. The molecule has 0 aliphatic carbocycles. The lowest BCUT2D eigenvalue weighted by Gasteiger charge is -2.01. The lowest BCUT2D eigenvalue weighted by molar-refractivity contribution is 0.102. The predicted octanol–water partition coefficient (Wildman–Crippen LogP) is 2.82. The second kappa shape index (κ2) is 5.27. The molecule has 0 atom stereocenters. The molecule has 0 saturated heterocycles.